The molecule has 0 aromatic carbocycles. The standard InChI is InChI=1S/C27H63N2O5PSi2/c1-15-24(21-33-36(11,12)26(5,6)7)28-19-20-29(23-35(30,31-17-3)32-18-4)25(16-2)22-34-37(13,14)27(8,9)10/h24-25,28H,15-23H2,1-14H3/t24-,25-/m0/s1. The monoisotopic (exact) mass is 582 g/mol. The zero-order valence-corrected chi connectivity index (χ0v) is 29.8. The van der Waals surface area contributed by atoms with Crippen molar-refractivity contribution in [3.63, 3.8) is 0 Å². The van der Waals surface area contributed by atoms with Gasteiger partial charge in [-0.05, 0) is 63.0 Å². The van der Waals surface area contributed by atoms with E-state index in [9.17, 15) is 4.57 Å². The first kappa shape index (κ1) is 37.4. The first-order valence-electron chi connectivity index (χ1n) is 14.4. The number of nitrogens with one attached hydrogen (secondary N) is 1. The third-order valence-corrected chi connectivity index (χ3v) is 19.2. The highest BCUT2D eigenvalue weighted by Crippen LogP contribution is 2.49. The molecule has 10 heteroatoms. The van der Waals surface area contributed by atoms with E-state index in [-0.39, 0.29) is 28.4 Å². The van der Waals surface area contributed by atoms with Gasteiger partial charge in [-0.15, -0.1) is 0 Å². The summed E-state index contributed by atoms with van der Waals surface area (Å²) in [4.78, 5) is 2.26. The lowest BCUT2D eigenvalue weighted by molar-refractivity contribution is 0.122. The van der Waals surface area contributed by atoms with Gasteiger partial charge in [0.15, 0.2) is 16.6 Å². The van der Waals surface area contributed by atoms with Crippen LogP contribution in [0.4, 0.5) is 0 Å². The van der Waals surface area contributed by atoms with Crippen LogP contribution in [-0.4, -0.2) is 79.4 Å². The van der Waals surface area contributed by atoms with Crippen LogP contribution in [0.15, 0.2) is 0 Å². The molecule has 0 radical (unpaired) electrons. The minimum absolute atomic E-state index is 0.133. The molecule has 0 rings (SSSR count). The quantitative estimate of drug-likeness (QED) is 0.124. The summed E-state index contributed by atoms with van der Waals surface area (Å²) in [5, 5.41) is 4.04. The summed E-state index contributed by atoms with van der Waals surface area (Å²) in [6, 6.07) is 0.416. The summed E-state index contributed by atoms with van der Waals surface area (Å²) in [6.07, 6.45) is 2.17. The van der Waals surface area contributed by atoms with Crippen LogP contribution in [0.25, 0.3) is 0 Å². The van der Waals surface area contributed by atoms with Gasteiger partial charge in [-0.3, -0.25) is 9.46 Å². The van der Waals surface area contributed by atoms with Gasteiger partial charge in [0.25, 0.3) is 0 Å². The average Bonchev–Trinajstić information content (AvgIpc) is 2.74. The number of hydrogen-bond acceptors (Lipinski definition) is 7. The summed E-state index contributed by atoms with van der Waals surface area (Å²) >= 11 is 0. The molecule has 0 aliphatic heterocycles. The summed E-state index contributed by atoms with van der Waals surface area (Å²) in [5.74, 6) is 0. The molecule has 37 heavy (non-hydrogen) atoms. The number of nitrogens with zero attached hydrogens (tertiary/aromatic N) is 1. The van der Waals surface area contributed by atoms with Crippen LogP contribution in [0.3, 0.4) is 0 Å². The Balaban J connectivity index is 5.52. The molecular weight excluding hydrogens is 519 g/mol. The van der Waals surface area contributed by atoms with Crippen molar-refractivity contribution in [3.05, 3.63) is 0 Å². The van der Waals surface area contributed by atoms with Gasteiger partial charge in [0.2, 0.25) is 0 Å². The molecule has 0 aromatic heterocycles. The fourth-order valence-electron chi connectivity index (χ4n) is 3.36. The molecule has 0 aliphatic rings. The minimum atomic E-state index is -3.23. The van der Waals surface area contributed by atoms with E-state index in [1.165, 1.54) is 0 Å². The molecule has 0 saturated heterocycles. The fourth-order valence-corrected chi connectivity index (χ4v) is 7.30. The largest absolute Gasteiger partial charge is 0.415 e. The smallest absolute Gasteiger partial charge is 0.344 e. The van der Waals surface area contributed by atoms with Crippen molar-refractivity contribution >= 4 is 24.2 Å². The van der Waals surface area contributed by atoms with Crippen molar-refractivity contribution in [2.45, 2.75) is 130 Å². The van der Waals surface area contributed by atoms with Crippen LogP contribution in [-0.2, 0) is 22.5 Å². The lowest BCUT2D eigenvalue weighted by Crippen LogP contribution is -2.49. The Morgan fingerprint density at radius 1 is 0.784 bits per heavy atom. The highest BCUT2D eigenvalue weighted by Gasteiger charge is 2.39. The first-order chi connectivity index (χ1) is 16.8. The summed E-state index contributed by atoms with van der Waals surface area (Å²) in [5.41, 5.74) is 0. The van der Waals surface area contributed by atoms with E-state index in [2.05, 4.69) is 91.8 Å². The van der Waals surface area contributed by atoms with Gasteiger partial charge in [0.1, 0.15) is 6.29 Å². The van der Waals surface area contributed by atoms with Gasteiger partial charge < -0.3 is 23.2 Å². The van der Waals surface area contributed by atoms with E-state index in [0.29, 0.717) is 19.8 Å². The molecule has 0 heterocycles. The second-order valence-electron chi connectivity index (χ2n) is 13.2. The maximum atomic E-state index is 13.5. The first-order valence-corrected chi connectivity index (χ1v) is 22.0. The van der Waals surface area contributed by atoms with E-state index in [0.717, 1.165) is 32.5 Å². The molecule has 0 bridgehead atoms. The Hall–Kier alpha value is 0.424. The molecule has 0 unspecified atom stereocenters. The predicted molar refractivity (Wildman–Crippen MR) is 165 cm³/mol. The fraction of sp³-hybridized carbons (Fsp3) is 1.00. The highest BCUT2D eigenvalue weighted by molar-refractivity contribution is 7.53. The molecular formula is C27H63N2O5PSi2. The summed E-state index contributed by atoms with van der Waals surface area (Å²) in [7, 11) is -6.93. The highest BCUT2D eigenvalue weighted by atomic mass is 31.2. The lowest BCUT2D eigenvalue weighted by atomic mass is 10.2. The van der Waals surface area contributed by atoms with Gasteiger partial charge in [0, 0.05) is 38.4 Å². The molecule has 1 N–H and O–H groups in total. The molecule has 0 saturated carbocycles. The second-order valence-corrected chi connectivity index (χ2v) is 24.8. The molecule has 0 aliphatic carbocycles. The van der Waals surface area contributed by atoms with Gasteiger partial charge in [-0.2, -0.15) is 0 Å². The maximum absolute atomic E-state index is 13.5. The van der Waals surface area contributed by atoms with E-state index in [1.54, 1.807) is 0 Å². The number of rotatable bonds is 19. The van der Waals surface area contributed by atoms with Gasteiger partial charge in [0.05, 0.1) is 13.2 Å². The van der Waals surface area contributed by atoms with Crippen molar-refractivity contribution in [1.29, 1.82) is 0 Å². The van der Waals surface area contributed by atoms with Crippen molar-refractivity contribution in [2.24, 2.45) is 0 Å². The second kappa shape index (κ2) is 16.0. The van der Waals surface area contributed by atoms with E-state index in [4.69, 9.17) is 17.9 Å². The van der Waals surface area contributed by atoms with Gasteiger partial charge in [-0.25, -0.2) is 0 Å². The third kappa shape index (κ3) is 13.1. The average molecular weight is 583 g/mol. The Labute approximate surface area is 232 Å². The van der Waals surface area contributed by atoms with Crippen LogP contribution in [0.2, 0.25) is 36.3 Å². The van der Waals surface area contributed by atoms with Crippen molar-refractivity contribution in [3.8, 4) is 0 Å². The Kier molecular flexibility index (Phi) is 16.2. The SMILES string of the molecule is CCOP(=O)(CN(CCN[C@@H](CC)CO[Si](C)(C)C(C)(C)C)[C@@H](CC)CO[Si](C)(C)C(C)(C)C)OCC. The predicted octanol–water partition coefficient (Wildman–Crippen LogP) is 7.70. The van der Waals surface area contributed by atoms with Crippen molar-refractivity contribution in [1.82, 2.24) is 10.2 Å². The van der Waals surface area contributed by atoms with E-state index in [1.807, 2.05) is 13.8 Å². The Morgan fingerprint density at radius 2 is 1.24 bits per heavy atom. The van der Waals surface area contributed by atoms with Gasteiger partial charge >= 0.3 is 7.60 Å². The zero-order chi connectivity index (χ0) is 29.1. The van der Waals surface area contributed by atoms with Crippen molar-refractivity contribution < 1.29 is 22.5 Å². The summed E-state index contributed by atoms with van der Waals surface area (Å²) < 4.78 is 38.0. The van der Waals surface area contributed by atoms with Crippen molar-refractivity contribution in [2.75, 3.05) is 45.8 Å². The molecule has 224 valence electrons. The third-order valence-electron chi connectivity index (χ3n) is 8.21. The van der Waals surface area contributed by atoms with Crippen LogP contribution in [0.1, 0.15) is 82.1 Å². The Bertz CT molecular complexity index is 671. The van der Waals surface area contributed by atoms with Crippen LogP contribution < -0.4 is 5.32 Å². The van der Waals surface area contributed by atoms with Crippen LogP contribution in [0, 0.1) is 0 Å². The summed E-state index contributed by atoms with van der Waals surface area (Å²) in [6.45, 7) is 34.5. The number of hydrogen-bond donors (Lipinski definition) is 1. The molecule has 2 atom stereocenters. The Morgan fingerprint density at radius 3 is 1.62 bits per heavy atom. The molecule has 0 amide bonds. The molecule has 0 fully saturated rings. The minimum Gasteiger partial charge on any atom is -0.415 e. The molecule has 0 aromatic rings. The maximum Gasteiger partial charge on any atom is 0.344 e. The van der Waals surface area contributed by atoms with E-state index < -0.39 is 24.2 Å². The topological polar surface area (TPSA) is 69.3 Å². The molecule has 0 spiro atoms. The normalized spacial score (nSPS) is 15.9. The van der Waals surface area contributed by atoms with E-state index >= 15 is 0 Å². The van der Waals surface area contributed by atoms with Gasteiger partial charge in [-0.1, -0.05) is 55.4 Å². The molecule has 7 nitrogen and oxygen atoms in total. The van der Waals surface area contributed by atoms with Crippen LogP contribution in [0.5, 0.6) is 0 Å². The van der Waals surface area contributed by atoms with Crippen LogP contribution >= 0.6 is 7.60 Å². The zero-order valence-electron chi connectivity index (χ0n) is 27.0. The lowest BCUT2D eigenvalue weighted by Gasteiger charge is -2.40.